The van der Waals surface area contributed by atoms with Gasteiger partial charge in [-0.2, -0.15) is 0 Å². The SMILES string of the molecule is CCCCC(C)OC(=O)N(CC)CC. The maximum absolute atomic E-state index is 11.5. The zero-order chi connectivity index (χ0) is 11.0. The fraction of sp³-hybridized carbons (Fsp3) is 0.909. The largest absolute Gasteiger partial charge is 0.446 e. The standard InChI is InChI=1S/C11H23NO2/c1-5-8-9-10(4)14-11(13)12(6-2)7-3/h10H,5-9H2,1-4H3. The van der Waals surface area contributed by atoms with Gasteiger partial charge in [0.2, 0.25) is 0 Å². The first-order valence-electron chi connectivity index (χ1n) is 5.61. The van der Waals surface area contributed by atoms with Gasteiger partial charge in [0.25, 0.3) is 0 Å². The van der Waals surface area contributed by atoms with Crippen molar-refractivity contribution in [2.24, 2.45) is 0 Å². The van der Waals surface area contributed by atoms with Crippen molar-refractivity contribution in [2.45, 2.75) is 53.1 Å². The van der Waals surface area contributed by atoms with E-state index in [-0.39, 0.29) is 12.2 Å². The Labute approximate surface area is 87.4 Å². The van der Waals surface area contributed by atoms with Gasteiger partial charge in [-0.25, -0.2) is 4.79 Å². The first kappa shape index (κ1) is 13.3. The Hall–Kier alpha value is -0.730. The van der Waals surface area contributed by atoms with Gasteiger partial charge in [0.15, 0.2) is 0 Å². The summed E-state index contributed by atoms with van der Waals surface area (Å²) in [5.41, 5.74) is 0. The summed E-state index contributed by atoms with van der Waals surface area (Å²) in [6.07, 6.45) is 3.09. The van der Waals surface area contributed by atoms with Gasteiger partial charge < -0.3 is 9.64 Å². The van der Waals surface area contributed by atoms with Gasteiger partial charge in [-0.3, -0.25) is 0 Å². The Bertz CT molecular complexity index is 155. The number of carbonyl (C=O) groups is 1. The lowest BCUT2D eigenvalue weighted by Gasteiger charge is -2.21. The molecule has 3 heteroatoms. The zero-order valence-corrected chi connectivity index (χ0v) is 9.88. The molecule has 1 unspecified atom stereocenters. The molecule has 0 rings (SSSR count). The van der Waals surface area contributed by atoms with Crippen molar-refractivity contribution in [1.82, 2.24) is 4.90 Å². The summed E-state index contributed by atoms with van der Waals surface area (Å²) >= 11 is 0. The Morgan fingerprint density at radius 1 is 1.29 bits per heavy atom. The van der Waals surface area contributed by atoms with E-state index in [4.69, 9.17) is 4.74 Å². The molecule has 0 aromatic heterocycles. The van der Waals surface area contributed by atoms with Crippen LogP contribution in [0.1, 0.15) is 47.0 Å². The molecule has 0 aliphatic carbocycles. The lowest BCUT2D eigenvalue weighted by Crippen LogP contribution is -2.33. The highest BCUT2D eigenvalue weighted by molar-refractivity contribution is 5.67. The van der Waals surface area contributed by atoms with Crippen LogP contribution in [0.2, 0.25) is 0 Å². The molecular formula is C11H23NO2. The maximum Gasteiger partial charge on any atom is 0.409 e. The topological polar surface area (TPSA) is 29.5 Å². The minimum Gasteiger partial charge on any atom is -0.446 e. The van der Waals surface area contributed by atoms with Crippen molar-refractivity contribution in [2.75, 3.05) is 13.1 Å². The van der Waals surface area contributed by atoms with Crippen LogP contribution in [0.15, 0.2) is 0 Å². The molecule has 0 aromatic carbocycles. The lowest BCUT2D eigenvalue weighted by molar-refractivity contribution is 0.0684. The summed E-state index contributed by atoms with van der Waals surface area (Å²) in [6, 6.07) is 0. The summed E-state index contributed by atoms with van der Waals surface area (Å²) in [5.74, 6) is 0. The molecule has 3 nitrogen and oxygen atoms in total. The number of rotatable bonds is 6. The van der Waals surface area contributed by atoms with Gasteiger partial charge in [-0.05, 0) is 27.2 Å². The van der Waals surface area contributed by atoms with Crippen LogP contribution in [0.4, 0.5) is 4.79 Å². The third-order valence-corrected chi connectivity index (χ3v) is 2.29. The van der Waals surface area contributed by atoms with E-state index in [9.17, 15) is 4.79 Å². The average molecular weight is 201 g/mol. The monoisotopic (exact) mass is 201 g/mol. The van der Waals surface area contributed by atoms with E-state index in [1.807, 2.05) is 20.8 Å². The molecule has 14 heavy (non-hydrogen) atoms. The van der Waals surface area contributed by atoms with Gasteiger partial charge in [-0.1, -0.05) is 19.8 Å². The molecule has 0 N–H and O–H groups in total. The number of carbonyl (C=O) groups excluding carboxylic acids is 1. The summed E-state index contributed by atoms with van der Waals surface area (Å²) in [6.45, 7) is 9.45. The van der Waals surface area contributed by atoms with Crippen LogP contribution in [0.5, 0.6) is 0 Å². The van der Waals surface area contributed by atoms with Crippen LogP contribution in [-0.4, -0.2) is 30.2 Å². The summed E-state index contributed by atoms with van der Waals surface area (Å²) in [5, 5.41) is 0. The van der Waals surface area contributed by atoms with Crippen molar-refractivity contribution >= 4 is 6.09 Å². The van der Waals surface area contributed by atoms with Crippen molar-refractivity contribution in [3.05, 3.63) is 0 Å². The molecule has 0 radical (unpaired) electrons. The third-order valence-electron chi connectivity index (χ3n) is 2.29. The Balaban J connectivity index is 3.79. The number of amides is 1. The second-order valence-electron chi connectivity index (χ2n) is 3.51. The third kappa shape index (κ3) is 5.10. The van der Waals surface area contributed by atoms with E-state index in [1.165, 1.54) is 0 Å². The van der Waals surface area contributed by atoms with Crippen molar-refractivity contribution in [3.8, 4) is 0 Å². The van der Waals surface area contributed by atoms with E-state index >= 15 is 0 Å². The molecule has 0 saturated heterocycles. The number of unbranched alkanes of at least 4 members (excludes halogenated alkanes) is 1. The van der Waals surface area contributed by atoms with Crippen LogP contribution in [0.25, 0.3) is 0 Å². The second-order valence-corrected chi connectivity index (χ2v) is 3.51. The highest BCUT2D eigenvalue weighted by Crippen LogP contribution is 2.06. The lowest BCUT2D eigenvalue weighted by atomic mass is 10.2. The van der Waals surface area contributed by atoms with Gasteiger partial charge in [0.1, 0.15) is 6.10 Å². The quantitative estimate of drug-likeness (QED) is 0.661. The highest BCUT2D eigenvalue weighted by Gasteiger charge is 2.13. The van der Waals surface area contributed by atoms with Gasteiger partial charge in [0, 0.05) is 13.1 Å². The maximum atomic E-state index is 11.5. The fourth-order valence-corrected chi connectivity index (χ4v) is 1.28. The van der Waals surface area contributed by atoms with Gasteiger partial charge >= 0.3 is 6.09 Å². The fourth-order valence-electron chi connectivity index (χ4n) is 1.28. The van der Waals surface area contributed by atoms with Crippen LogP contribution >= 0.6 is 0 Å². The van der Waals surface area contributed by atoms with Crippen LogP contribution < -0.4 is 0 Å². The molecule has 1 atom stereocenters. The molecule has 0 spiro atoms. The molecule has 1 amide bonds. The molecule has 0 heterocycles. The van der Waals surface area contributed by atoms with Crippen molar-refractivity contribution < 1.29 is 9.53 Å². The molecular weight excluding hydrogens is 178 g/mol. The number of nitrogens with zero attached hydrogens (tertiary/aromatic N) is 1. The van der Waals surface area contributed by atoms with Crippen LogP contribution in [0, 0.1) is 0 Å². The predicted octanol–water partition coefficient (Wildman–Crippen LogP) is 3.04. The minimum absolute atomic E-state index is 0.0445. The summed E-state index contributed by atoms with van der Waals surface area (Å²) < 4.78 is 5.28. The van der Waals surface area contributed by atoms with Crippen LogP contribution in [0.3, 0.4) is 0 Å². The molecule has 0 aromatic rings. The number of hydrogen-bond donors (Lipinski definition) is 0. The van der Waals surface area contributed by atoms with Gasteiger partial charge in [-0.15, -0.1) is 0 Å². The Morgan fingerprint density at radius 2 is 1.86 bits per heavy atom. The van der Waals surface area contributed by atoms with E-state index in [0.717, 1.165) is 32.4 Å². The van der Waals surface area contributed by atoms with E-state index in [0.29, 0.717) is 0 Å². The smallest absolute Gasteiger partial charge is 0.409 e. The van der Waals surface area contributed by atoms with E-state index < -0.39 is 0 Å². The molecule has 0 aliphatic rings. The summed E-state index contributed by atoms with van der Waals surface area (Å²) in [4.78, 5) is 13.2. The first-order valence-corrected chi connectivity index (χ1v) is 5.61. The van der Waals surface area contributed by atoms with Crippen LogP contribution in [-0.2, 0) is 4.74 Å². The molecule has 84 valence electrons. The van der Waals surface area contributed by atoms with E-state index in [1.54, 1.807) is 4.90 Å². The summed E-state index contributed by atoms with van der Waals surface area (Å²) in [7, 11) is 0. The Kier molecular flexibility index (Phi) is 7.25. The molecule has 0 fully saturated rings. The molecule has 0 saturated carbocycles. The normalized spacial score (nSPS) is 12.3. The minimum atomic E-state index is -0.182. The highest BCUT2D eigenvalue weighted by atomic mass is 16.6. The Morgan fingerprint density at radius 3 is 2.29 bits per heavy atom. The number of hydrogen-bond acceptors (Lipinski definition) is 2. The average Bonchev–Trinajstić information content (AvgIpc) is 2.16. The van der Waals surface area contributed by atoms with Crippen molar-refractivity contribution in [1.29, 1.82) is 0 Å². The second kappa shape index (κ2) is 7.65. The van der Waals surface area contributed by atoms with Crippen molar-refractivity contribution in [3.63, 3.8) is 0 Å². The van der Waals surface area contributed by atoms with Gasteiger partial charge in [0.05, 0.1) is 0 Å². The number of ether oxygens (including phenoxy) is 1. The molecule has 0 bridgehead atoms. The zero-order valence-electron chi connectivity index (χ0n) is 9.88. The van der Waals surface area contributed by atoms with E-state index in [2.05, 4.69) is 6.92 Å². The molecule has 0 aliphatic heterocycles. The first-order chi connectivity index (χ1) is 6.65. The predicted molar refractivity (Wildman–Crippen MR) is 58.4 cm³/mol.